The number of nitrogens with zero attached hydrogens (tertiary/aromatic N) is 2. The summed E-state index contributed by atoms with van der Waals surface area (Å²) in [6, 6.07) is 8.17. The minimum absolute atomic E-state index is 0.380. The SMILES string of the molecule is CC(C)NCc1nc(-c2coc3ccccc23)no1. The highest BCUT2D eigenvalue weighted by atomic mass is 16.5. The molecule has 2 aromatic heterocycles. The second kappa shape index (κ2) is 4.85. The van der Waals surface area contributed by atoms with Gasteiger partial charge in [-0.3, -0.25) is 0 Å². The van der Waals surface area contributed by atoms with Crippen LogP contribution in [-0.4, -0.2) is 16.2 Å². The summed E-state index contributed by atoms with van der Waals surface area (Å²) in [5.41, 5.74) is 1.68. The first-order valence-corrected chi connectivity index (χ1v) is 6.26. The average molecular weight is 257 g/mol. The third-order valence-corrected chi connectivity index (χ3v) is 2.85. The molecule has 1 N–H and O–H groups in total. The standard InChI is InChI=1S/C14H15N3O2/c1-9(2)15-7-13-16-14(17-19-13)11-8-18-12-6-4-3-5-10(11)12/h3-6,8-9,15H,7H2,1-2H3. The summed E-state index contributed by atoms with van der Waals surface area (Å²) in [4.78, 5) is 4.37. The van der Waals surface area contributed by atoms with Gasteiger partial charge in [-0.25, -0.2) is 0 Å². The molecular weight excluding hydrogens is 242 g/mol. The molecular formula is C14H15N3O2. The van der Waals surface area contributed by atoms with Gasteiger partial charge in [-0.05, 0) is 6.07 Å². The number of nitrogens with one attached hydrogen (secondary N) is 1. The third-order valence-electron chi connectivity index (χ3n) is 2.85. The van der Waals surface area contributed by atoms with Gasteiger partial charge in [0.2, 0.25) is 11.7 Å². The van der Waals surface area contributed by atoms with Gasteiger partial charge in [0.05, 0.1) is 12.1 Å². The predicted molar refractivity (Wildman–Crippen MR) is 71.5 cm³/mol. The van der Waals surface area contributed by atoms with Crippen LogP contribution in [0.1, 0.15) is 19.7 Å². The Morgan fingerprint density at radius 3 is 2.95 bits per heavy atom. The van der Waals surface area contributed by atoms with Gasteiger partial charge in [0.15, 0.2) is 0 Å². The molecule has 0 aliphatic rings. The number of furan rings is 1. The summed E-state index contributed by atoms with van der Waals surface area (Å²) >= 11 is 0. The molecule has 0 spiro atoms. The topological polar surface area (TPSA) is 64.1 Å². The van der Waals surface area contributed by atoms with Crippen LogP contribution in [-0.2, 0) is 6.54 Å². The summed E-state index contributed by atoms with van der Waals surface area (Å²) < 4.78 is 10.7. The lowest BCUT2D eigenvalue weighted by molar-refractivity contribution is 0.362. The summed E-state index contributed by atoms with van der Waals surface area (Å²) in [6.07, 6.45) is 1.66. The van der Waals surface area contributed by atoms with Crippen molar-refractivity contribution in [3.8, 4) is 11.4 Å². The highest BCUT2D eigenvalue weighted by Gasteiger charge is 2.14. The summed E-state index contributed by atoms with van der Waals surface area (Å²) in [7, 11) is 0. The van der Waals surface area contributed by atoms with Crippen molar-refractivity contribution in [2.75, 3.05) is 0 Å². The van der Waals surface area contributed by atoms with Crippen LogP contribution < -0.4 is 5.32 Å². The van der Waals surface area contributed by atoms with Gasteiger partial charge in [-0.2, -0.15) is 4.98 Å². The molecule has 0 fully saturated rings. The Morgan fingerprint density at radius 1 is 1.26 bits per heavy atom. The van der Waals surface area contributed by atoms with Crippen LogP contribution in [0.25, 0.3) is 22.4 Å². The van der Waals surface area contributed by atoms with E-state index in [2.05, 4.69) is 29.3 Å². The number of para-hydroxylation sites is 1. The molecule has 1 aromatic carbocycles. The van der Waals surface area contributed by atoms with E-state index in [0.717, 1.165) is 16.5 Å². The first kappa shape index (κ1) is 11.9. The summed E-state index contributed by atoms with van der Waals surface area (Å²) in [5, 5.41) is 8.23. The van der Waals surface area contributed by atoms with E-state index < -0.39 is 0 Å². The Labute approximate surface area is 110 Å². The number of benzene rings is 1. The summed E-state index contributed by atoms with van der Waals surface area (Å²) in [6.45, 7) is 4.71. The van der Waals surface area contributed by atoms with Crippen LogP contribution >= 0.6 is 0 Å². The van der Waals surface area contributed by atoms with Crippen molar-refractivity contribution in [3.63, 3.8) is 0 Å². The number of hydrogen-bond donors (Lipinski definition) is 1. The van der Waals surface area contributed by atoms with Crippen LogP contribution in [0.2, 0.25) is 0 Å². The van der Waals surface area contributed by atoms with Gasteiger partial charge < -0.3 is 14.3 Å². The quantitative estimate of drug-likeness (QED) is 0.778. The Kier molecular flexibility index (Phi) is 3.05. The smallest absolute Gasteiger partial charge is 0.240 e. The van der Waals surface area contributed by atoms with Crippen molar-refractivity contribution < 1.29 is 8.94 Å². The zero-order valence-corrected chi connectivity index (χ0v) is 10.9. The van der Waals surface area contributed by atoms with E-state index in [-0.39, 0.29) is 0 Å². The number of rotatable bonds is 4. The molecule has 3 rings (SSSR count). The lowest BCUT2D eigenvalue weighted by Gasteiger charge is -2.02. The third kappa shape index (κ3) is 2.37. The first-order valence-electron chi connectivity index (χ1n) is 6.26. The second-order valence-electron chi connectivity index (χ2n) is 4.69. The van der Waals surface area contributed by atoms with E-state index in [9.17, 15) is 0 Å². The zero-order valence-electron chi connectivity index (χ0n) is 10.9. The molecule has 0 radical (unpaired) electrons. The molecule has 0 bridgehead atoms. The predicted octanol–water partition coefficient (Wildman–Crippen LogP) is 2.98. The van der Waals surface area contributed by atoms with E-state index >= 15 is 0 Å². The van der Waals surface area contributed by atoms with Crippen molar-refractivity contribution in [1.82, 2.24) is 15.5 Å². The fourth-order valence-electron chi connectivity index (χ4n) is 1.88. The van der Waals surface area contributed by atoms with E-state index in [4.69, 9.17) is 8.94 Å². The van der Waals surface area contributed by atoms with Crippen molar-refractivity contribution in [2.24, 2.45) is 0 Å². The monoisotopic (exact) mass is 257 g/mol. The van der Waals surface area contributed by atoms with Crippen LogP contribution in [0.15, 0.2) is 39.5 Å². The Morgan fingerprint density at radius 2 is 2.11 bits per heavy atom. The fraction of sp³-hybridized carbons (Fsp3) is 0.286. The van der Waals surface area contributed by atoms with E-state index in [1.54, 1.807) is 6.26 Å². The normalized spacial score (nSPS) is 11.5. The molecule has 0 saturated heterocycles. The molecule has 0 saturated carbocycles. The summed E-state index contributed by atoms with van der Waals surface area (Å²) in [5.74, 6) is 1.14. The number of fused-ring (bicyclic) bond motifs is 1. The maximum Gasteiger partial charge on any atom is 0.240 e. The molecule has 0 unspecified atom stereocenters. The van der Waals surface area contributed by atoms with Crippen LogP contribution in [0, 0.1) is 0 Å². The zero-order chi connectivity index (χ0) is 13.2. The second-order valence-corrected chi connectivity index (χ2v) is 4.69. The molecule has 5 heteroatoms. The molecule has 0 aliphatic heterocycles. The molecule has 3 aromatic rings. The van der Waals surface area contributed by atoms with Crippen molar-refractivity contribution in [3.05, 3.63) is 36.4 Å². The first-order chi connectivity index (χ1) is 9.24. The van der Waals surface area contributed by atoms with Gasteiger partial charge in [0.25, 0.3) is 0 Å². The largest absolute Gasteiger partial charge is 0.464 e. The van der Waals surface area contributed by atoms with Crippen molar-refractivity contribution >= 4 is 11.0 Å². The maximum absolute atomic E-state index is 5.47. The van der Waals surface area contributed by atoms with Gasteiger partial charge in [-0.15, -0.1) is 0 Å². The lowest BCUT2D eigenvalue weighted by Crippen LogP contribution is -2.21. The number of aromatic nitrogens is 2. The molecule has 0 atom stereocenters. The highest BCUT2D eigenvalue weighted by molar-refractivity contribution is 5.91. The van der Waals surface area contributed by atoms with Gasteiger partial charge in [0.1, 0.15) is 11.8 Å². The average Bonchev–Trinajstić information content (AvgIpc) is 3.02. The minimum atomic E-state index is 0.380. The van der Waals surface area contributed by atoms with Crippen molar-refractivity contribution in [1.29, 1.82) is 0 Å². The fourth-order valence-corrected chi connectivity index (χ4v) is 1.88. The van der Waals surface area contributed by atoms with Gasteiger partial charge in [-0.1, -0.05) is 37.2 Å². The maximum atomic E-state index is 5.47. The van der Waals surface area contributed by atoms with Crippen molar-refractivity contribution in [2.45, 2.75) is 26.4 Å². The van der Waals surface area contributed by atoms with Crippen LogP contribution in [0.5, 0.6) is 0 Å². The van der Waals surface area contributed by atoms with Gasteiger partial charge >= 0.3 is 0 Å². The molecule has 5 nitrogen and oxygen atoms in total. The molecule has 0 aliphatic carbocycles. The lowest BCUT2D eigenvalue weighted by atomic mass is 10.2. The minimum Gasteiger partial charge on any atom is -0.464 e. The number of hydrogen-bond acceptors (Lipinski definition) is 5. The van der Waals surface area contributed by atoms with E-state index in [0.29, 0.717) is 24.3 Å². The molecule has 2 heterocycles. The van der Waals surface area contributed by atoms with Gasteiger partial charge in [0, 0.05) is 11.4 Å². The highest BCUT2D eigenvalue weighted by Crippen LogP contribution is 2.28. The molecule has 0 amide bonds. The Bertz CT molecular complexity index is 685. The molecule has 19 heavy (non-hydrogen) atoms. The van der Waals surface area contributed by atoms with E-state index in [1.165, 1.54) is 0 Å². The van der Waals surface area contributed by atoms with Crippen LogP contribution in [0.4, 0.5) is 0 Å². The Hall–Kier alpha value is -2.14. The molecule has 98 valence electrons. The van der Waals surface area contributed by atoms with Crippen LogP contribution in [0.3, 0.4) is 0 Å². The van der Waals surface area contributed by atoms with E-state index in [1.807, 2.05) is 24.3 Å². The Balaban J connectivity index is 1.90.